The van der Waals surface area contributed by atoms with Crippen LogP contribution < -0.4 is 16.4 Å². The summed E-state index contributed by atoms with van der Waals surface area (Å²) in [6, 6.07) is 0. The monoisotopic (exact) mass is 257 g/mol. The first kappa shape index (κ1) is 14.9. The van der Waals surface area contributed by atoms with Gasteiger partial charge in [-0.05, 0) is 31.6 Å². The van der Waals surface area contributed by atoms with Crippen LogP contribution in [0.4, 0.5) is 0 Å². The molecule has 104 valence electrons. The number of aliphatic hydroxyl groups is 1. The standard InChI is InChI=1S/C12H23N3O3/c1-9-2-4-12(18,5-3-9)8-15-11(17)7-14-10(16)6-13/h9,18H,2-8,13H2,1H3,(H,14,16)(H,15,17). The molecule has 2 amide bonds. The zero-order valence-corrected chi connectivity index (χ0v) is 10.9. The summed E-state index contributed by atoms with van der Waals surface area (Å²) in [5.41, 5.74) is 4.31. The van der Waals surface area contributed by atoms with E-state index in [1.165, 1.54) is 0 Å². The van der Waals surface area contributed by atoms with Gasteiger partial charge in [0.25, 0.3) is 0 Å². The van der Waals surface area contributed by atoms with Crippen LogP contribution in [0.3, 0.4) is 0 Å². The first-order valence-electron chi connectivity index (χ1n) is 6.41. The van der Waals surface area contributed by atoms with Gasteiger partial charge in [0.1, 0.15) is 0 Å². The van der Waals surface area contributed by atoms with Gasteiger partial charge < -0.3 is 21.5 Å². The van der Waals surface area contributed by atoms with Crippen molar-refractivity contribution in [3.05, 3.63) is 0 Å². The highest BCUT2D eigenvalue weighted by atomic mass is 16.3. The molecule has 0 heterocycles. The summed E-state index contributed by atoms with van der Waals surface area (Å²) in [7, 11) is 0. The van der Waals surface area contributed by atoms with Crippen LogP contribution in [0.1, 0.15) is 32.6 Å². The molecule has 1 aliphatic rings. The van der Waals surface area contributed by atoms with Gasteiger partial charge in [0.05, 0.1) is 18.7 Å². The minimum absolute atomic E-state index is 0.0947. The van der Waals surface area contributed by atoms with Crippen molar-refractivity contribution in [1.29, 1.82) is 0 Å². The van der Waals surface area contributed by atoms with Crippen molar-refractivity contribution in [2.75, 3.05) is 19.6 Å². The van der Waals surface area contributed by atoms with Crippen LogP contribution in [0.2, 0.25) is 0 Å². The summed E-state index contributed by atoms with van der Waals surface area (Å²) in [6.45, 7) is 2.19. The summed E-state index contributed by atoms with van der Waals surface area (Å²) < 4.78 is 0. The molecule has 0 atom stereocenters. The lowest BCUT2D eigenvalue weighted by atomic mass is 9.79. The number of hydrogen-bond donors (Lipinski definition) is 4. The van der Waals surface area contributed by atoms with E-state index in [1.807, 2.05) is 0 Å². The largest absolute Gasteiger partial charge is 0.388 e. The summed E-state index contributed by atoms with van der Waals surface area (Å²) in [4.78, 5) is 22.3. The SMILES string of the molecule is CC1CCC(O)(CNC(=O)CNC(=O)CN)CC1. The van der Waals surface area contributed by atoms with Crippen LogP contribution in [-0.4, -0.2) is 42.2 Å². The molecule has 6 nitrogen and oxygen atoms in total. The zero-order valence-electron chi connectivity index (χ0n) is 10.9. The number of hydrogen-bond acceptors (Lipinski definition) is 4. The lowest BCUT2D eigenvalue weighted by molar-refractivity contribution is -0.126. The third-order valence-corrected chi connectivity index (χ3v) is 3.45. The summed E-state index contributed by atoms with van der Waals surface area (Å²) >= 11 is 0. The van der Waals surface area contributed by atoms with Crippen molar-refractivity contribution in [2.45, 2.75) is 38.2 Å². The van der Waals surface area contributed by atoms with Crippen molar-refractivity contribution in [1.82, 2.24) is 10.6 Å². The first-order chi connectivity index (χ1) is 8.45. The van der Waals surface area contributed by atoms with E-state index in [-0.39, 0.29) is 31.4 Å². The average Bonchev–Trinajstić information content (AvgIpc) is 2.37. The van der Waals surface area contributed by atoms with E-state index in [1.54, 1.807) is 0 Å². The number of carbonyl (C=O) groups excluding carboxylic acids is 2. The Hall–Kier alpha value is -1.14. The first-order valence-corrected chi connectivity index (χ1v) is 6.41. The summed E-state index contributed by atoms with van der Waals surface area (Å²) in [5.74, 6) is -0.0241. The van der Waals surface area contributed by atoms with Crippen LogP contribution in [0, 0.1) is 5.92 Å². The normalized spacial score (nSPS) is 27.6. The molecule has 0 spiro atoms. The summed E-state index contributed by atoms with van der Waals surface area (Å²) in [6.07, 6.45) is 3.39. The molecule has 18 heavy (non-hydrogen) atoms. The maximum Gasteiger partial charge on any atom is 0.239 e. The Morgan fingerprint density at radius 3 is 2.44 bits per heavy atom. The van der Waals surface area contributed by atoms with Gasteiger partial charge in [-0.3, -0.25) is 9.59 Å². The van der Waals surface area contributed by atoms with Crippen LogP contribution in [0.5, 0.6) is 0 Å². The highest BCUT2D eigenvalue weighted by Crippen LogP contribution is 2.31. The Morgan fingerprint density at radius 2 is 1.89 bits per heavy atom. The van der Waals surface area contributed by atoms with E-state index in [0.717, 1.165) is 12.8 Å². The van der Waals surface area contributed by atoms with E-state index in [4.69, 9.17) is 5.73 Å². The van der Waals surface area contributed by atoms with Gasteiger partial charge >= 0.3 is 0 Å². The van der Waals surface area contributed by atoms with E-state index in [2.05, 4.69) is 17.6 Å². The van der Waals surface area contributed by atoms with Crippen LogP contribution in [0.25, 0.3) is 0 Å². The van der Waals surface area contributed by atoms with Gasteiger partial charge in [-0.2, -0.15) is 0 Å². The van der Waals surface area contributed by atoms with Crippen molar-refractivity contribution >= 4 is 11.8 Å². The fraction of sp³-hybridized carbons (Fsp3) is 0.833. The summed E-state index contributed by atoms with van der Waals surface area (Å²) in [5, 5.41) is 15.3. The number of carbonyl (C=O) groups is 2. The van der Waals surface area contributed by atoms with Crippen LogP contribution in [-0.2, 0) is 9.59 Å². The molecule has 0 unspecified atom stereocenters. The minimum atomic E-state index is -0.792. The molecule has 1 saturated carbocycles. The van der Waals surface area contributed by atoms with Gasteiger partial charge in [-0.15, -0.1) is 0 Å². The predicted octanol–water partition coefficient (Wildman–Crippen LogP) is -0.881. The second-order valence-corrected chi connectivity index (χ2v) is 5.16. The molecular formula is C12H23N3O3. The third-order valence-electron chi connectivity index (χ3n) is 3.45. The molecule has 1 aliphatic carbocycles. The number of nitrogens with one attached hydrogen (secondary N) is 2. The Balaban J connectivity index is 2.23. The molecule has 0 saturated heterocycles. The lowest BCUT2D eigenvalue weighted by Gasteiger charge is -2.34. The minimum Gasteiger partial charge on any atom is -0.388 e. The van der Waals surface area contributed by atoms with Crippen molar-refractivity contribution in [3.63, 3.8) is 0 Å². The zero-order chi connectivity index (χ0) is 13.6. The Kier molecular flexibility index (Phi) is 5.55. The fourth-order valence-electron chi connectivity index (χ4n) is 2.05. The Labute approximate surface area is 107 Å². The van der Waals surface area contributed by atoms with Crippen LogP contribution >= 0.6 is 0 Å². The highest BCUT2D eigenvalue weighted by Gasteiger charge is 2.31. The maximum absolute atomic E-state index is 11.4. The molecule has 1 rings (SSSR count). The van der Waals surface area contributed by atoms with Crippen molar-refractivity contribution in [3.8, 4) is 0 Å². The topological polar surface area (TPSA) is 104 Å². The van der Waals surface area contributed by atoms with E-state index >= 15 is 0 Å². The van der Waals surface area contributed by atoms with Crippen molar-refractivity contribution < 1.29 is 14.7 Å². The maximum atomic E-state index is 11.4. The third kappa shape index (κ3) is 5.01. The molecule has 0 aromatic rings. The van der Waals surface area contributed by atoms with Gasteiger partial charge in [0.2, 0.25) is 11.8 Å². The number of rotatable bonds is 5. The van der Waals surface area contributed by atoms with Gasteiger partial charge in [0.15, 0.2) is 0 Å². The molecule has 0 bridgehead atoms. The molecule has 5 N–H and O–H groups in total. The highest BCUT2D eigenvalue weighted by molar-refractivity contribution is 5.85. The van der Waals surface area contributed by atoms with E-state index in [0.29, 0.717) is 18.8 Å². The average molecular weight is 257 g/mol. The lowest BCUT2D eigenvalue weighted by Crippen LogP contribution is -2.48. The molecule has 0 aromatic carbocycles. The fourth-order valence-corrected chi connectivity index (χ4v) is 2.05. The Bertz CT molecular complexity index is 299. The van der Waals surface area contributed by atoms with E-state index in [9.17, 15) is 14.7 Å². The smallest absolute Gasteiger partial charge is 0.239 e. The van der Waals surface area contributed by atoms with Crippen molar-refractivity contribution in [2.24, 2.45) is 11.7 Å². The Morgan fingerprint density at radius 1 is 1.28 bits per heavy atom. The molecular weight excluding hydrogens is 234 g/mol. The molecule has 0 aliphatic heterocycles. The predicted molar refractivity (Wildman–Crippen MR) is 67.7 cm³/mol. The number of nitrogens with two attached hydrogens (primary N) is 1. The van der Waals surface area contributed by atoms with Gasteiger partial charge in [-0.1, -0.05) is 6.92 Å². The van der Waals surface area contributed by atoms with Gasteiger partial charge in [0, 0.05) is 6.54 Å². The molecule has 1 fully saturated rings. The van der Waals surface area contributed by atoms with Gasteiger partial charge in [-0.25, -0.2) is 0 Å². The molecule has 0 radical (unpaired) electrons. The second kappa shape index (κ2) is 6.70. The van der Waals surface area contributed by atoms with E-state index < -0.39 is 5.60 Å². The van der Waals surface area contributed by atoms with Crippen LogP contribution in [0.15, 0.2) is 0 Å². The second-order valence-electron chi connectivity index (χ2n) is 5.16. The molecule has 6 heteroatoms. The molecule has 0 aromatic heterocycles. The number of amides is 2. The quantitative estimate of drug-likeness (QED) is 0.513.